The topological polar surface area (TPSA) is 62.3 Å². The lowest BCUT2D eigenvalue weighted by Crippen LogP contribution is -2.44. The van der Waals surface area contributed by atoms with E-state index in [1.165, 1.54) is 11.1 Å². The van der Waals surface area contributed by atoms with Gasteiger partial charge in [-0.15, -0.1) is 0 Å². The van der Waals surface area contributed by atoms with Gasteiger partial charge in [0.25, 0.3) is 0 Å². The molecule has 0 aliphatic carbocycles. The van der Waals surface area contributed by atoms with Crippen LogP contribution in [-0.2, 0) is 11.3 Å². The maximum atomic E-state index is 5.87. The van der Waals surface area contributed by atoms with E-state index in [2.05, 4.69) is 70.6 Å². The quantitative estimate of drug-likeness (QED) is 0.513. The molecule has 2 heterocycles. The lowest BCUT2D eigenvalue weighted by molar-refractivity contribution is 0.252. The Bertz CT molecular complexity index is 942. The number of rotatable bonds is 8. The van der Waals surface area contributed by atoms with Gasteiger partial charge in [0.2, 0.25) is 0 Å². The van der Waals surface area contributed by atoms with Crippen molar-refractivity contribution in [1.29, 1.82) is 0 Å². The number of nitrogens with one attached hydrogen (secondary N) is 2. The van der Waals surface area contributed by atoms with Gasteiger partial charge in [0.1, 0.15) is 11.5 Å². The SMILES string of the molecule is C\C=C(NCc1ccc2nccnc2c1)/C(=C(\C=C(/C)CC)OC)N1CCNCC1. The van der Waals surface area contributed by atoms with E-state index in [1.807, 2.05) is 6.07 Å². The fraction of sp³-hybridized carbons (Fsp3) is 0.417. The van der Waals surface area contributed by atoms with E-state index in [0.717, 1.165) is 60.8 Å². The lowest BCUT2D eigenvalue weighted by Gasteiger charge is -2.34. The number of methoxy groups -OCH3 is 1. The minimum Gasteiger partial charge on any atom is -0.495 e. The smallest absolute Gasteiger partial charge is 0.144 e. The van der Waals surface area contributed by atoms with Gasteiger partial charge in [-0.05, 0) is 44.0 Å². The first-order chi connectivity index (χ1) is 14.7. The van der Waals surface area contributed by atoms with E-state index in [0.29, 0.717) is 6.54 Å². The molecule has 0 amide bonds. The van der Waals surface area contributed by atoms with E-state index in [9.17, 15) is 0 Å². The number of allylic oxidation sites excluding steroid dienone is 3. The van der Waals surface area contributed by atoms with Crippen LogP contribution in [0.2, 0.25) is 0 Å². The Morgan fingerprint density at radius 2 is 1.93 bits per heavy atom. The first-order valence-corrected chi connectivity index (χ1v) is 10.7. The monoisotopic (exact) mass is 407 g/mol. The molecule has 1 saturated heterocycles. The minimum atomic E-state index is 0.704. The third kappa shape index (κ3) is 5.39. The molecule has 160 valence electrons. The molecule has 6 nitrogen and oxygen atoms in total. The maximum absolute atomic E-state index is 5.87. The van der Waals surface area contributed by atoms with Crippen LogP contribution in [0.25, 0.3) is 11.0 Å². The summed E-state index contributed by atoms with van der Waals surface area (Å²) in [5.41, 5.74) is 6.49. The third-order valence-corrected chi connectivity index (χ3v) is 5.38. The lowest BCUT2D eigenvalue weighted by atomic mass is 10.1. The zero-order chi connectivity index (χ0) is 21.3. The van der Waals surface area contributed by atoms with Crippen LogP contribution in [-0.4, -0.2) is 48.2 Å². The number of ether oxygens (including phenoxy) is 1. The second-order valence-electron chi connectivity index (χ2n) is 7.43. The minimum absolute atomic E-state index is 0.704. The molecule has 0 spiro atoms. The Kier molecular flexibility index (Phi) is 7.85. The zero-order valence-corrected chi connectivity index (χ0v) is 18.5. The van der Waals surface area contributed by atoms with Crippen molar-refractivity contribution in [2.24, 2.45) is 0 Å². The molecule has 1 aromatic carbocycles. The summed E-state index contributed by atoms with van der Waals surface area (Å²) in [6.07, 6.45) is 8.75. The summed E-state index contributed by atoms with van der Waals surface area (Å²) < 4.78 is 5.87. The molecule has 6 heteroatoms. The Morgan fingerprint density at radius 3 is 2.60 bits per heavy atom. The van der Waals surface area contributed by atoms with E-state index in [1.54, 1.807) is 19.5 Å². The second-order valence-corrected chi connectivity index (χ2v) is 7.43. The van der Waals surface area contributed by atoms with Crippen LogP contribution in [0, 0.1) is 0 Å². The number of aromatic nitrogens is 2. The second kappa shape index (κ2) is 10.8. The van der Waals surface area contributed by atoms with Crippen molar-refractivity contribution >= 4 is 11.0 Å². The normalized spacial score (nSPS) is 16.5. The van der Waals surface area contributed by atoms with Gasteiger partial charge in [0.15, 0.2) is 0 Å². The molecular weight excluding hydrogens is 374 g/mol. The first kappa shape index (κ1) is 21.8. The van der Waals surface area contributed by atoms with Crippen molar-refractivity contribution in [3.05, 3.63) is 71.0 Å². The van der Waals surface area contributed by atoms with Crippen LogP contribution in [0.1, 0.15) is 32.8 Å². The molecule has 1 aromatic heterocycles. The largest absolute Gasteiger partial charge is 0.495 e. The van der Waals surface area contributed by atoms with Gasteiger partial charge in [-0.1, -0.05) is 24.6 Å². The van der Waals surface area contributed by atoms with Crippen LogP contribution in [0.15, 0.2) is 65.5 Å². The molecule has 0 atom stereocenters. The number of piperazine rings is 1. The molecule has 0 radical (unpaired) electrons. The fourth-order valence-corrected chi connectivity index (χ4v) is 3.54. The van der Waals surface area contributed by atoms with Gasteiger partial charge in [0, 0.05) is 45.1 Å². The first-order valence-electron chi connectivity index (χ1n) is 10.7. The molecule has 0 unspecified atom stereocenters. The van der Waals surface area contributed by atoms with Crippen LogP contribution >= 0.6 is 0 Å². The molecule has 2 aromatic rings. The number of fused-ring (bicyclic) bond motifs is 1. The van der Waals surface area contributed by atoms with Crippen molar-refractivity contribution in [1.82, 2.24) is 25.5 Å². The van der Waals surface area contributed by atoms with Crippen molar-refractivity contribution < 1.29 is 4.74 Å². The molecule has 0 saturated carbocycles. The summed E-state index contributed by atoms with van der Waals surface area (Å²) in [4.78, 5) is 11.2. The van der Waals surface area contributed by atoms with E-state index in [4.69, 9.17) is 4.74 Å². The predicted molar refractivity (Wildman–Crippen MR) is 123 cm³/mol. The van der Waals surface area contributed by atoms with E-state index < -0.39 is 0 Å². The molecule has 3 rings (SSSR count). The highest BCUT2D eigenvalue weighted by Crippen LogP contribution is 2.23. The van der Waals surface area contributed by atoms with Gasteiger partial charge in [-0.3, -0.25) is 9.97 Å². The molecule has 0 bridgehead atoms. The summed E-state index contributed by atoms with van der Waals surface area (Å²) in [7, 11) is 1.76. The molecule has 1 aliphatic heterocycles. The van der Waals surface area contributed by atoms with Crippen LogP contribution in [0.4, 0.5) is 0 Å². The molecule has 1 aliphatic rings. The number of nitrogens with zero attached hydrogens (tertiary/aromatic N) is 3. The summed E-state index contributed by atoms with van der Waals surface area (Å²) in [6, 6.07) is 6.22. The van der Waals surface area contributed by atoms with Gasteiger partial charge in [-0.25, -0.2) is 0 Å². The third-order valence-electron chi connectivity index (χ3n) is 5.38. The molecule has 2 N–H and O–H groups in total. The number of hydrogen-bond acceptors (Lipinski definition) is 6. The average molecular weight is 408 g/mol. The molecule has 30 heavy (non-hydrogen) atoms. The standard InChI is InChI=1S/C24H33N5O/c1-5-18(3)15-23(30-4)24(29-13-11-25-12-14-29)20(6-2)28-17-19-7-8-21-22(16-19)27-10-9-26-21/h6-10,15-16,25,28H,5,11-14,17H2,1-4H3/b18-15+,20-6+,24-23-. The molecular formula is C24H33N5O. The maximum Gasteiger partial charge on any atom is 0.144 e. The Balaban J connectivity index is 1.89. The average Bonchev–Trinajstić information content (AvgIpc) is 2.80. The summed E-state index contributed by atoms with van der Waals surface area (Å²) >= 11 is 0. The van der Waals surface area contributed by atoms with Gasteiger partial charge >= 0.3 is 0 Å². The van der Waals surface area contributed by atoms with Crippen LogP contribution in [0.3, 0.4) is 0 Å². The van der Waals surface area contributed by atoms with Crippen LogP contribution in [0.5, 0.6) is 0 Å². The number of hydrogen-bond donors (Lipinski definition) is 2. The predicted octanol–water partition coefficient (Wildman–Crippen LogP) is 3.74. The van der Waals surface area contributed by atoms with E-state index >= 15 is 0 Å². The zero-order valence-electron chi connectivity index (χ0n) is 18.5. The van der Waals surface area contributed by atoms with Crippen molar-refractivity contribution in [3.63, 3.8) is 0 Å². The Hall–Kier alpha value is -2.86. The van der Waals surface area contributed by atoms with Gasteiger partial charge in [-0.2, -0.15) is 0 Å². The summed E-state index contributed by atoms with van der Waals surface area (Å²) in [6.45, 7) is 10.9. The van der Waals surface area contributed by atoms with E-state index in [-0.39, 0.29) is 0 Å². The van der Waals surface area contributed by atoms with Gasteiger partial charge < -0.3 is 20.3 Å². The van der Waals surface area contributed by atoms with Crippen LogP contribution < -0.4 is 10.6 Å². The highest BCUT2D eigenvalue weighted by molar-refractivity contribution is 5.74. The van der Waals surface area contributed by atoms with Crippen molar-refractivity contribution in [2.45, 2.75) is 33.7 Å². The molecule has 1 fully saturated rings. The van der Waals surface area contributed by atoms with Crippen molar-refractivity contribution in [3.8, 4) is 0 Å². The van der Waals surface area contributed by atoms with Gasteiger partial charge in [0.05, 0.1) is 23.8 Å². The Morgan fingerprint density at radius 1 is 1.20 bits per heavy atom. The Labute approximate surface area is 179 Å². The highest BCUT2D eigenvalue weighted by Gasteiger charge is 2.21. The van der Waals surface area contributed by atoms with Crippen molar-refractivity contribution in [2.75, 3.05) is 33.3 Å². The summed E-state index contributed by atoms with van der Waals surface area (Å²) in [5, 5.41) is 7.07. The fourth-order valence-electron chi connectivity index (χ4n) is 3.54. The highest BCUT2D eigenvalue weighted by atomic mass is 16.5. The number of benzene rings is 1. The summed E-state index contributed by atoms with van der Waals surface area (Å²) in [5.74, 6) is 0.904.